The van der Waals surface area contributed by atoms with Crippen LogP contribution in [0.25, 0.3) is 0 Å². The molecule has 0 radical (unpaired) electrons. The van der Waals surface area contributed by atoms with Crippen molar-refractivity contribution in [2.45, 2.75) is 16.3 Å². The molecule has 0 unspecified atom stereocenters. The predicted octanol–water partition coefficient (Wildman–Crippen LogP) is 0.758. The first-order chi connectivity index (χ1) is 10.5. The lowest BCUT2D eigenvalue weighted by Gasteiger charge is -2.25. The van der Waals surface area contributed by atoms with Gasteiger partial charge in [-0.3, -0.25) is 4.79 Å². The lowest BCUT2D eigenvalue weighted by Crippen LogP contribution is -2.40. The minimum Gasteiger partial charge on any atom is -0.469 e. The predicted molar refractivity (Wildman–Crippen MR) is 81.2 cm³/mol. The Morgan fingerprint density at radius 2 is 2.14 bits per heavy atom. The van der Waals surface area contributed by atoms with Gasteiger partial charge in [0.15, 0.2) is 0 Å². The van der Waals surface area contributed by atoms with Gasteiger partial charge in [0.2, 0.25) is 10.0 Å². The van der Waals surface area contributed by atoms with Gasteiger partial charge in [-0.2, -0.15) is 4.31 Å². The monoisotopic (exact) mass is 346 g/mol. The van der Waals surface area contributed by atoms with Crippen LogP contribution in [-0.2, 0) is 24.3 Å². The van der Waals surface area contributed by atoms with Gasteiger partial charge in [0.1, 0.15) is 4.90 Å². The summed E-state index contributed by atoms with van der Waals surface area (Å²) in [4.78, 5) is 15.3. The third-order valence-electron chi connectivity index (χ3n) is 3.10. The highest BCUT2D eigenvalue weighted by Crippen LogP contribution is 2.20. The Bertz CT molecular complexity index is 597. The molecule has 0 aromatic carbocycles. The lowest BCUT2D eigenvalue weighted by molar-refractivity contribution is -0.140. The minimum atomic E-state index is -3.51. The number of thioether (sulfide) groups is 1. The zero-order valence-electron chi connectivity index (χ0n) is 12.2. The van der Waals surface area contributed by atoms with Gasteiger partial charge in [0, 0.05) is 25.0 Å². The summed E-state index contributed by atoms with van der Waals surface area (Å²) < 4.78 is 35.9. The number of carbonyl (C=O) groups is 1. The van der Waals surface area contributed by atoms with E-state index in [1.807, 2.05) is 0 Å². The summed E-state index contributed by atoms with van der Waals surface area (Å²) >= 11 is 1.38. The van der Waals surface area contributed by atoms with Crippen molar-refractivity contribution in [3.05, 3.63) is 18.3 Å². The molecule has 2 rings (SSSR count). The van der Waals surface area contributed by atoms with Crippen molar-refractivity contribution in [2.75, 3.05) is 39.2 Å². The number of aromatic nitrogens is 1. The van der Waals surface area contributed by atoms with E-state index in [0.29, 0.717) is 37.1 Å². The van der Waals surface area contributed by atoms with Crippen molar-refractivity contribution in [3.8, 4) is 0 Å². The van der Waals surface area contributed by atoms with E-state index >= 15 is 0 Å². The minimum absolute atomic E-state index is 0.173. The Balaban J connectivity index is 1.97. The Hall–Kier alpha value is -1.16. The fourth-order valence-electron chi connectivity index (χ4n) is 1.88. The molecule has 1 fully saturated rings. The second-order valence-electron chi connectivity index (χ2n) is 4.52. The molecule has 0 amide bonds. The van der Waals surface area contributed by atoms with E-state index in [9.17, 15) is 13.2 Å². The molecular formula is C13H18N2O5S2. The Morgan fingerprint density at radius 1 is 1.41 bits per heavy atom. The van der Waals surface area contributed by atoms with Gasteiger partial charge in [0.25, 0.3) is 0 Å². The number of hydrogen-bond acceptors (Lipinski definition) is 7. The maximum Gasteiger partial charge on any atom is 0.306 e. The zero-order chi connectivity index (χ0) is 16.0. The average Bonchev–Trinajstić information content (AvgIpc) is 2.56. The second-order valence-corrected chi connectivity index (χ2v) is 7.58. The standard InChI is InChI=1S/C13H18N2O5S2/c1-19-13(16)4-9-21-12-3-2-11(10-14-12)22(17,18)15-5-7-20-8-6-15/h2-3,10H,4-9H2,1H3. The third-order valence-corrected chi connectivity index (χ3v) is 5.93. The van der Waals surface area contributed by atoms with Crippen molar-refractivity contribution in [1.82, 2.24) is 9.29 Å². The maximum absolute atomic E-state index is 12.4. The third kappa shape index (κ3) is 4.42. The van der Waals surface area contributed by atoms with E-state index in [1.54, 1.807) is 6.07 Å². The molecule has 0 aliphatic carbocycles. The van der Waals surface area contributed by atoms with Crippen LogP contribution in [0.2, 0.25) is 0 Å². The Morgan fingerprint density at radius 3 is 2.73 bits per heavy atom. The molecule has 2 heterocycles. The molecule has 1 aromatic rings. The SMILES string of the molecule is COC(=O)CCSc1ccc(S(=O)(=O)N2CCOCC2)cn1. The smallest absolute Gasteiger partial charge is 0.306 e. The summed E-state index contributed by atoms with van der Waals surface area (Å²) in [7, 11) is -2.17. The normalized spacial score (nSPS) is 16.4. The van der Waals surface area contributed by atoms with Gasteiger partial charge in [0.05, 0.1) is 31.8 Å². The van der Waals surface area contributed by atoms with E-state index in [1.165, 1.54) is 35.4 Å². The number of morpholine rings is 1. The number of pyridine rings is 1. The number of sulfonamides is 1. The van der Waals surface area contributed by atoms with Crippen molar-refractivity contribution in [3.63, 3.8) is 0 Å². The van der Waals surface area contributed by atoms with Crippen LogP contribution in [-0.4, -0.2) is 62.8 Å². The maximum atomic E-state index is 12.4. The van der Waals surface area contributed by atoms with Gasteiger partial charge in [-0.05, 0) is 12.1 Å². The summed E-state index contributed by atoms with van der Waals surface area (Å²) in [5, 5.41) is 0.671. The summed E-state index contributed by atoms with van der Waals surface area (Å²) in [6.45, 7) is 1.54. The van der Waals surface area contributed by atoms with Crippen LogP contribution in [0.1, 0.15) is 6.42 Å². The molecule has 0 saturated carbocycles. The quantitative estimate of drug-likeness (QED) is 0.555. The Kier molecular flexibility index (Phi) is 6.18. The van der Waals surface area contributed by atoms with Crippen LogP contribution >= 0.6 is 11.8 Å². The van der Waals surface area contributed by atoms with Gasteiger partial charge in [-0.25, -0.2) is 13.4 Å². The van der Waals surface area contributed by atoms with Crippen LogP contribution < -0.4 is 0 Å². The second kappa shape index (κ2) is 7.91. The Labute approximate surface area is 134 Å². The van der Waals surface area contributed by atoms with Crippen LogP contribution in [0.15, 0.2) is 28.3 Å². The first kappa shape index (κ1) is 17.2. The van der Waals surface area contributed by atoms with Gasteiger partial charge in [-0.15, -0.1) is 11.8 Å². The van der Waals surface area contributed by atoms with E-state index in [-0.39, 0.29) is 17.3 Å². The summed E-state index contributed by atoms with van der Waals surface area (Å²) in [5.41, 5.74) is 0. The zero-order valence-corrected chi connectivity index (χ0v) is 13.9. The molecule has 9 heteroatoms. The molecule has 1 saturated heterocycles. The molecule has 22 heavy (non-hydrogen) atoms. The largest absolute Gasteiger partial charge is 0.469 e. The molecule has 0 N–H and O–H groups in total. The van der Waals surface area contributed by atoms with E-state index in [2.05, 4.69) is 9.72 Å². The summed E-state index contributed by atoms with van der Waals surface area (Å²) in [6, 6.07) is 3.19. The van der Waals surface area contributed by atoms with Crippen molar-refractivity contribution in [2.24, 2.45) is 0 Å². The number of nitrogens with zero attached hydrogens (tertiary/aromatic N) is 2. The van der Waals surface area contributed by atoms with Gasteiger partial charge >= 0.3 is 5.97 Å². The lowest BCUT2D eigenvalue weighted by atomic mass is 10.5. The number of methoxy groups -OCH3 is 1. The van der Waals surface area contributed by atoms with E-state index < -0.39 is 10.0 Å². The molecule has 1 aliphatic rings. The van der Waals surface area contributed by atoms with E-state index in [0.717, 1.165) is 0 Å². The number of carbonyl (C=O) groups excluding carboxylic acids is 1. The topological polar surface area (TPSA) is 85.8 Å². The van der Waals surface area contributed by atoms with Crippen molar-refractivity contribution in [1.29, 1.82) is 0 Å². The van der Waals surface area contributed by atoms with Crippen molar-refractivity contribution < 1.29 is 22.7 Å². The van der Waals surface area contributed by atoms with Crippen LogP contribution in [0.5, 0.6) is 0 Å². The molecule has 0 bridgehead atoms. The number of hydrogen-bond donors (Lipinski definition) is 0. The summed E-state index contributed by atoms with van der Waals surface area (Å²) in [5.74, 6) is 0.258. The molecule has 1 aliphatic heterocycles. The van der Waals surface area contributed by atoms with Crippen LogP contribution in [0.4, 0.5) is 0 Å². The molecule has 122 valence electrons. The average molecular weight is 346 g/mol. The number of esters is 1. The molecule has 1 aromatic heterocycles. The first-order valence-corrected chi connectivity index (χ1v) is 9.20. The molecule has 0 spiro atoms. The summed E-state index contributed by atoms with van der Waals surface area (Å²) in [6.07, 6.45) is 1.64. The highest BCUT2D eigenvalue weighted by molar-refractivity contribution is 7.99. The number of rotatable bonds is 6. The van der Waals surface area contributed by atoms with Crippen molar-refractivity contribution >= 4 is 27.8 Å². The van der Waals surface area contributed by atoms with Crippen LogP contribution in [0, 0.1) is 0 Å². The fraction of sp³-hybridized carbons (Fsp3) is 0.538. The first-order valence-electron chi connectivity index (χ1n) is 6.77. The van der Waals surface area contributed by atoms with Crippen LogP contribution in [0.3, 0.4) is 0 Å². The molecular weight excluding hydrogens is 328 g/mol. The number of ether oxygens (including phenoxy) is 2. The molecule has 7 nitrogen and oxygen atoms in total. The fourth-order valence-corrected chi connectivity index (χ4v) is 4.00. The van der Waals surface area contributed by atoms with E-state index in [4.69, 9.17) is 4.74 Å². The van der Waals surface area contributed by atoms with Gasteiger partial charge in [-0.1, -0.05) is 0 Å². The van der Waals surface area contributed by atoms with Gasteiger partial charge < -0.3 is 9.47 Å². The highest BCUT2D eigenvalue weighted by atomic mass is 32.2. The molecule has 0 atom stereocenters. The highest BCUT2D eigenvalue weighted by Gasteiger charge is 2.26.